The maximum absolute atomic E-state index is 13.0. The number of benzene rings is 1. The fraction of sp³-hybridized carbons (Fsp3) is 0.375. The van der Waals surface area contributed by atoms with E-state index in [9.17, 15) is 13.9 Å². The van der Waals surface area contributed by atoms with Crippen LogP contribution in [0.15, 0.2) is 27.7 Å². The molecule has 2 atom stereocenters. The van der Waals surface area contributed by atoms with Gasteiger partial charge in [-0.3, -0.25) is 4.79 Å². The molecule has 1 aliphatic carbocycles. The summed E-state index contributed by atoms with van der Waals surface area (Å²) < 4.78 is 29.1. The summed E-state index contributed by atoms with van der Waals surface area (Å²) in [4.78, 5) is 13.4. The first-order valence-electron chi connectivity index (χ1n) is 7.34. The number of carbonyl (C=O) groups is 1. The molecule has 1 aromatic carbocycles. The lowest BCUT2D eigenvalue weighted by Gasteiger charge is -2.16. The highest BCUT2D eigenvalue weighted by molar-refractivity contribution is 7.91. The van der Waals surface area contributed by atoms with E-state index < -0.39 is 22.4 Å². The molecular weight excluding hydrogens is 370 g/mol. The summed E-state index contributed by atoms with van der Waals surface area (Å²) in [5.74, 6) is 0.683. The van der Waals surface area contributed by atoms with Gasteiger partial charge in [0, 0.05) is 11.5 Å². The molecule has 0 amide bonds. The Kier molecular flexibility index (Phi) is 5.27. The van der Waals surface area contributed by atoms with Crippen molar-refractivity contribution in [3.8, 4) is 0 Å². The van der Waals surface area contributed by atoms with Crippen LogP contribution >= 0.6 is 11.6 Å². The standard InChI is InChI=1S/C16H16ClNO4S2/c1-23(20)8-12-10(5-6-13(17)16(12)24(2)21)14(19)11-7-18-22-15(11)9-3-4-9/h5-7,9H,3-4,8H2,1-2H3. The van der Waals surface area contributed by atoms with Crippen LogP contribution < -0.4 is 0 Å². The van der Waals surface area contributed by atoms with Crippen molar-refractivity contribution in [2.75, 3.05) is 12.5 Å². The molecule has 0 saturated heterocycles. The Morgan fingerprint density at radius 1 is 1.33 bits per heavy atom. The third-order valence-corrected chi connectivity index (χ3v) is 6.05. The minimum absolute atomic E-state index is 0.112. The SMILES string of the molecule is C[S+]([O-])Cc1c(C(=O)c2cnoc2C2CC2)ccc(Cl)c1[S+](C)[O-]. The zero-order valence-electron chi connectivity index (χ0n) is 13.2. The van der Waals surface area contributed by atoms with Crippen molar-refractivity contribution >= 4 is 39.7 Å². The van der Waals surface area contributed by atoms with Crippen molar-refractivity contribution in [1.82, 2.24) is 5.16 Å². The summed E-state index contributed by atoms with van der Waals surface area (Å²) in [6.45, 7) is 0. The van der Waals surface area contributed by atoms with E-state index in [1.807, 2.05) is 0 Å². The third kappa shape index (κ3) is 3.50. The van der Waals surface area contributed by atoms with E-state index in [1.165, 1.54) is 18.7 Å². The van der Waals surface area contributed by atoms with Crippen molar-refractivity contribution < 1.29 is 18.4 Å². The Hall–Kier alpha value is -0.990. The smallest absolute Gasteiger partial charge is 0.198 e. The van der Waals surface area contributed by atoms with Crippen LogP contribution in [0, 0.1) is 0 Å². The van der Waals surface area contributed by atoms with Crippen LogP contribution in [0.25, 0.3) is 0 Å². The van der Waals surface area contributed by atoms with Crippen LogP contribution in [0.5, 0.6) is 0 Å². The largest absolute Gasteiger partial charge is 0.616 e. The monoisotopic (exact) mass is 385 g/mol. The fourth-order valence-electron chi connectivity index (χ4n) is 2.67. The first-order chi connectivity index (χ1) is 11.4. The number of aromatic nitrogens is 1. The lowest BCUT2D eigenvalue weighted by Crippen LogP contribution is -2.15. The zero-order chi connectivity index (χ0) is 17.4. The summed E-state index contributed by atoms with van der Waals surface area (Å²) in [6, 6.07) is 3.14. The molecule has 0 bridgehead atoms. The van der Waals surface area contributed by atoms with E-state index in [4.69, 9.17) is 16.1 Å². The van der Waals surface area contributed by atoms with Crippen LogP contribution in [-0.2, 0) is 28.1 Å². The predicted molar refractivity (Wildman–Crippen MR) is 93.5 cm³/mol. The fourth-order valence-corrected chi connectivity index (χ4v) is 4.85. The molecule has 1 saturated carbocycles. The molecule has 8 heteroatoms. The van der Waals surface area contributed by atoms with Gasteiger partial charge < -0.3 is 13.6 Å². The first kappa shape index (κ1) is 17.8. The van der Waals surface area contributed by atoms with Gasteiger partial charge in [0.1, 0.15) is 12.0 Å². The lowest BCUT2D eigenvalue weighted by molar-refractivity contribution is 0.103. The summed E-state index contributed by atoms with van der Waals surface area (Å²) >= 11 is 3.55. The number of nitrogens with zero attached hydrogens (tertiary/aromatic N) is 1. The van der Waals surface area contributed by atoms with Crippen LogP contribution in [0.3, 0.4) is 0 Å². The third-order valence-electron chi connectivity index (χ3n) is 3.88. The van der Waals surface area contributed by atoms with Gasteiger partial charge in [-0.15, -0.1) is 0 Å². The molecule has 128 valence electrons. The van der Waals surface area contributed by atoms with Gasteiger partial charge in [0.05, 0.1) is 28.6 Å². The molecule has 1 fully saturated rings. The van der Waals surface area contributed by atoms with Gasteiger partial charge in [0.2, 0.25) is 0 Å². The molecule has 5 nitrogen and oxygen atoms in total. The highest BCUT2D eigenvalue weighted by Crippen LogP contribution is 2.42. The molecule has 1 heterocycles. The first-order valence-corrected chi connectivity index (χ1v) is 11.0. The van der Waals surface area contributed by atoms with Gasteiger partial charge in [-0.25, -0.2) is 0 Å². The van der Waals surface area contributed by atoms with Gasteiger partial charge in [-0.1, -0.05) is 27.9 Å². The Morgan fingerprint density at radius 2 is 2.04 bits per heavy atom. The number of hydrogen-bond donors (Lipinski definition) is 0. The van der Waals surface area contributed by atoms with E-state index in [0.717, 1.165) is 12.8 Å². The summed E-state index contributed by atoms with van der Waals surface area (Å²) in [5.41, 5.74) is 1.23. The second-order valence-corrected chi connectivity index (χ2v) is 8.94. The van der Waals surface area contributed by atoms with E-state index in [2.05, 4.69) is 5.16 Å². The van der Waals surface area contributed by atoms with Crippen molar-refractivity contribution in [1.29, 1.82) is 0 Å². The maximum atomic E-state index is 13.0. The van der Waals surface area contributed by atoms with Crippen molar-refractivity contribution in [3.63, 3.8) is 0 Å². The van der Waals surface area contributed by atoms with Crippen LogP contribution in [0.2, 0.25) is 5.02 Å². The topological polar surface area (TPSA) is 89.2 Å². The Morgan fingerprint density at radius 3 is 2.62 bits per heavy atom. The molecular formula is C16H16ClNO4S2. The van der Waals surface area contributed by atoms with E-state index in [-0.39, 0.29) is 17.5 Å². The van der Waals surface area contributed by atoms with Gasteiger partial charge in [-0.2, -0.15) is 0 Å². The van der Waals surface area contributed by atoms with Crippen LogP contribution in [0.1, 0.15) is 46.0 Å². The number of halogens is 1. The van der Waals surface area contributed by atoms with E-state index >= 15 is 0 Å². The lowest BCUT2D eigenvalue weighted by atomic mass is 9.98. The second-order valence-electron chi connectivity index (χ2n) is 5.78. The minimum atomic E-state index is -1.40. The van der Waals surface area contributed by atoms with Crippen molar-refractivity contribution in [3.05, 3.63) is 45.8 Å². The van der Waals surface area contributed by atoms with Gasteiger partial charge >= 0.3 is 0 Å². The normalized spacial score (nSPS) is 16.9. The molecule has 1 aliphatic rings. The molecule has 2 unspecified atom stereocenters. The second kappa shape index (κ2) is 7.09. The predicted octanol–water partition coefficient (Wildman–Crippen LogP) is 3.05. The van der Waals surface area contributed by atoms with Gasteiger partial charge in [-0.05, 0) is 36.2 Å². The Balaban J connectivity index is 2.10. The minimum Gasteiger partial charge on any atom is -0.616 e. The highest BCUT2D eigenvalue weighted by atomic mass is 35.5. The number of ketones is 1. The molecule has 2 aromatic rings. The van der Waals surface area contributed by atoms with E-state index in [1.54, 1.807) is 12.1 Å². The summed E-state index contributed by atoms with van der Waals surface area (Å²) in [5, 5.41) is 4.06. The Bertz CT molecular complexity index is 771. The molecule has 24 heavy (non-hydrogen) atoms. The average Bonchev–Trinajstić information content (AvgIpc) is 3.23. The van der Waals surface area contributed by atoms with Crippen LogP contribution in [-0.4, -0.2) is 32.6 Å². The molecule has 1 aromatic heterocycles. The summed E-state index contributed by atoms with van der Waals surface area (Å²) in [6.07, 6.45) is 6.40. The average molecular weight is 386 g/mol. The molecule has 0 aliphatic heterocycles. The maximum Gasteiger partial charge on any atom is 0.198 e. The van der Waals surface area contributed by atoms with Crippen molar-refractivity contribution in [2.45, 2.75) is 29.4 Å². The highest BCUT2D eigenvalue weighted by Gasteiger charge is 2.34. The van der Waals surface area contributed by atoms with E-state index in [0.29, 0.717) is 32.4 Å². The molecule has 0 spiro atoms. The summed E-state index contributed by atoms with van der Waals surface area (Å²) in [7, 11) is 0. The van der Waals surface area contributed by atoms with Gasteiger partial charge in [0.15, 0.2) is 16.4 Å². The number of hydrogen-bond acceptors (Lipinski definition) is 5. The number of rotatable bonds is 6. The molecule has 3 rings (SSSR count). The van der Waals surface area contributed by atoms with Gasteiger partial charge in [0.25, 0.3) is 0 Å². The molecule has 0 radical (unpaired) electrons. The van der Waals surface area contributed by atoms with Crippen LogP contribution in [0.4, 0.5) is 0 Å². The molecule has 0 N–H and O–H groups in total. The zero-order valence-corrected chi connectivity index (χ0v) is 15.6. The Labute approximate surface area is 151 Å². The quantitative estimate of drug-likeness (QED) is 0.563. The van der Waals surface area contributed by atoms with Crippen molar-refractivity contribution in [2.24, 2.45) is 0 Å². The number of carbonyl (C=O) groups excluding carboxylic acids is 1.